The van der Waals surface area contributed by atoms with E-state index < -0.39 is 0 Å². The maximum absolute atomic E-state index is 13.1. The molecule has 6 heteroatoms. The third kappa shape index (κ3) is 3.14. The summed E-state index contributed by atoms with van der Waals surface area (Å²) in [5, 5.41) is 0.577. The topological polar surface area (TPSA) is 73.8 Å². The van der Waals surface area contributed by atoms with E-state index in [-0.39, 0.29) is 5.56 Å². The van der Waals surface area contributed by atoms with Gasteiger partial charge in [-0.1, -0.05) is 18.2 Å². The number of fused-ring (bicyclic) bond motifs is 2. The van der Waals surface area contributed by atoms with Gasteiger partial charge in [-0.2, -0.15) is 0 Å². The summed E-state index contributed by atoms with van der Waals surface area (Å²) in [6.45, 7) is 4.22. The van der Waals surface area contributed by atoms with Crippen molar-refractivity contribution in [1.29, 1.82) is 0 Å². The first-order valence-corrected chi connectivity index (χ1v) is 10.0. The molecule has 1 aliphatic rings. The van der Waals surface area contributed by atoms with Crippen LogP contribution < -0.4 is 5.56 Å². The fraction of sp³-hybridized carbons (Fsp3) is 0.304. The molecule has 0 N–H and O–H groups in total. The maximum atomic E-state index is 13.1. The lowest BCUT2D eigenvalue weighted by Crippen LogP contribution is -2.23. The second kappa shape index (κ2) is 6.95. The molecule has 0 atom stereocenters. The highest BCUT2D eigenvalue weighted by atomic mass is 16.4. The molecule has 0 radical (unpaired) electrons. The summed E-state index contributed by atoms with van der Waals surface area (Å²) in [7, 11) is 0. The summed E-state index contributed by atoms with van der Waals surface area (Å²) in [6.07, 6.45) is 5.81. The van der Waals surface area contributed by atoms with Crippen LogP contribution in [0, 0.1) is 13.8 Å². The Morgan fingerprint density at radius 2 is 1.93 bits per heavy atom. The average Bonchev–Trinajstić information content (AvgIpc) is 3.09. The van der Waals surface area contributed by atoms with Crippen LogP contribution in [-0.2, 0) is 19.4 Å². The SMILES string of the molecule is Cc1ccccc1-c1nc(Cn2cnc3nc4c(cc3c2=O)CCCC4)c(C)o1. The average molecular weight is 386 g/mol. The second-order valence-corrected chi connectivity index (χ2v) is 7.69. The number of oxazole rings is 1. The molecule has 0 spiro atoms. The number of hydrogen-bond donors (Lipinski definition) is 0. The van der Waals surface area contributed by atoms with Crippen molar-refractivity contribution in [1.82, 2.24) is 19.5 Å². The monoisotopic (exact) mass is 386 g/mol. The van der Waals surface area contributed by atoms with Gasteiger partial charge in [0.05, 0.1) is 11.9 Å². The lowest BCUT2D eigenvalue weighted by atomic mass is 9.95. The molecule has 6 nitrogen and oxygen atoms in total. The van der Waals surface area contributed by atoms with Gasteiger partial charge in [0, 0.05) is 11.3 Å². The predicted octanol–water partition coefficient (Wildman–Crippen LogP) is 3.99. The van der Waals surface area contributed by atoms with E-state index in [4.69, 9.17) is 4.42 Å². The highest BCUT2D eigenvalue weighted by molar-refractivity contribution is 5.74. The highest BCUT2D eigenvalue weighted by Gasteiger charge is 2.17. The maximum Gasteiger partial charge on any atom is 0.263 e. The smallest absolute Gasteiger partial charge is 0.263 e. The van der Waals surface area contributed by atoms with Crippen molar-refractivity contribution in [2.75, 3.05) is 0 Å². The van der Waals surface area contributed by atoms with Gasteiger partial charge in [-0.05, 0) is 62.8 Å². The summed E-state index contributed by atoms with van der Waals surface area (Å²) in [5.41, 5.74) is 5.50. The molecule has 0 saturated carbocycles. The number of benzene rings is 1. The number of pyridine rings is 1. The lowest BCUT2D eigenvalue weighted by molar-refractivity contribution is 0.537. The van der Waals surface area contributed by atoms with Gasteiger partial charge in [-0.3, -0.25) is 9.36 Å². The van der Waals surface area contributed by atoms with Gasteiger partial charge < -0.3 is 4.42 Å². The van der Waals surface area contributed by atoms with Crippen LogP contribution in [0.3, 0.4) is 0 Å². The van der Waals surface area contributed by atoms with Crippen LogP contribution in [0.15, 0.2) is 45.9 Å². The van der Waals surface area contributed by atoms with Crippen LogP contribution in [0.4, 0.5) is 0 Å². The van der Waals surface area contributed by atoms with E-state index in [0.717, 1.165) is 48.2 Å². The minimum atomic E-state index is -0.0873. The van der Waals surface area contributed by atoms with Crippen LogP contribution in [0.25, 0.3) is 22.5 Å². The third-order valence-electron chi connectivity index (χ3n) is 5.68. The summed E-state index contributed by atoms with van der Waals surface area (Å²) in [4.78, 5) is 26.8. The molecule has 0 amide bonds. The fourth-order valence-corrected chi connectivity index (χ4v) is 3.99. The van der Waals surface area contributed by atoms with Crippen molar-refractivity contribution >= 4 is 11.0 Å². The van der Waals surface area contributed by atoms with Gasteiger partial charge in [0.1, 0.15) is 17.8 Å². The molecule has 0 saturated heterocycles. The van der Waals surface area contributed by atoms with Crippen LogP contribution in [0.5, 0.6) is 0 Å². The molecule has 0 bridgehead atoms. The minimum absolute atomic E-state index is 0.0873. The van der Waals surface area contributed by atoms with Gasteiger partial charge in [0.15, 0.2) is 5.65 Å². The molecule has 5 rings (SSSR count). The molecule has 0 unspecified atom stereocenters. The van der Waals surface area contributed by atoms with Crippen LogP contribution in [-0.4, -0.2) is 19.5 Å². The zero-order chi connectivity index (χ0) is 20.0. The molecule has 146 valence electrons. The molecule has 3 heterocycles. The zero-order valence-corrected chi connectivity index (χ0v) is 16.6. The van der Waals surface area contributed by atoms with Crippen molar-refractivity contribution in [2.24, 2.45) is 0 Å². The van der Waals surface area contributed by atoms with E-state index in [1.165, 1.54) is 5.56 Å². The number of rotatable bonds is 3. The van der Waals surface area contributed by atoms with Gasteiger partial charge in [-0.15, -0.1) is 0 Å². The number of nitrogens with zero attached hydrogens (tertiary/aromatic N) is 4. The molecule has 0 fully saturated rings. The van der Waals surface area contributed by atoms with Gasteiger partial charge >= 0.3 is 0 Å². The van der Waals surface area contributed by atoms with Crippen LogP contribution in [0.2, 0.25) is 0 Å². The Balaban J connectivity index is 1.53. The normalized spacial score (nSPS) is 13.6. The van der Waals surface area contributed by atoms with E-state index in [2.05, 4.69) is 15.0 Å². The first-order valence-electron chi connectivity index (χ1n) is 10.0. The summed E-state index contributed by atoms with van der Waals surface area (Å²) in [6, 6.07) is 9.95. The second-order valence-electron chi connectivity index (χ2n) is 7.69. The van der Waals surface area contributed by atoms with E-state index in [1.54, 1.807) is 10.9 Å². The predicted molar refractivity (Wildman–Crippen MR) is 111 cm³/mol. The molecule has 3 aromatic heterocycles. The molecule has 0 aliphatic heterocycles. The van der Waals surface area contributed by atoms with Crippen LogP contribution >= 0.6 is 0 Å². The van der Waals surface area contributed by atoms with Crippen molar-refractivity contribution in [2.45, 2.75) is 46.1 Å². The van der Waals surface area contributed by atoms with Gasteiger partial charge in [-0.25, -0.2) is 15.0 Å². The molecular weight excluding hydrogens is 364 g/mol. The standard InChI is InChI=1S/C23H22N4O2/c1-14-7-3-5-9-17(14)22-26-20(15(2)29-22)12-27-13-24-21-18(23(27)28)11-16-8-4-6-10-19(16)25-21/h3,5,7,9,11,13H,4,6,8,10,12H2,1-2H3. The molecule has 1 aliphatic carbocycles. The van der Waals surface area contributed by atoms with E-state index in [1.807, 2.05) is 44.2 Å². The first kappa shape index (κ1) is 17.8. The number of aryl methyl sites for hydroxylation is 4. The highest BCUT2D eigenvalue weighted by Crippen LogP contribution is 2.25. The van der Waals surface area contributed by atoms with E-state index in [0.29, 0.717) is 29.2 Å². The summed E-state index contributed by atoms with van der Waals surface area (Å²) >= 11 is 0. The molecule has 1 aromatic carbocycles. The van der Waals surface area contributed by atoms with Crippen molar-refractivity contribution < 1.29 is 4.42 Å². The van der Waals surface area contributed by atoms with Gasteiger partial charge in [0.25, 0.3) is 5.56 Å². The fourth-order valence-electron chi connectivity index (χ4n) is 3.99. The Hall–Kier alpha value is -3.28. The van der Waals surface area contributed by atoms with Crippen molar-refractivity contribution in [3.8, 4) is 11.5 Å². The Morgan fingerprint density at radius 3 is 2.79 bits per heavy atom. The minimum Gasteiger partial charge on any atom is -0.441 e. The molecular formula is C23H22N4O2. The van der Waals surface area contributed by atoms with E-state index >= 15 is 0 Å². The molecule has 4 aromatic rings. The largest absolute Gasteiger partial charge is 0.441 e. The Morgan fingerprint density at radius 1 is 1.10 bits per heavy atom. The molecule has 29 heavy (non-hydrogen) atoms. The summed E-state index contributed by atoms with van der Waals surface area (Å²) in [5.74, 6) is 1.28. The van der Waals surface area contributed by atoms with E-state index in [9.17, 15) is 4.79 Å². The number of aromatic nitrogens is 4. The van der Waals surface area contributed by atoms with Gasteiger partial charge in [0.2, 0.25) is 5.89 Å². The van der Waals surface area contributed by atoms with Crippen molar-refractivity contribution in [3.63, 3.8) is 0 Å². The third-order valence-corrected chi connectivity index (χ3v) is 5.68. The lowest BCUT2D eigenvalue weighted by Gasteiger charge is -2.15. The van der Waals surface area contributed by atoms with Crippen molar-refractivity contribution in [3.05, 3.63) is 75.3 Å². The quantitative estimate of drug-likeness (QED) is 0.532. The Labute approximate surface area is 168 Å². The zero-order valence-electron chi connectivity index (χ0n) is 16.6. The Bertz CT molecular complexity index is 1290. The first-order chi connectivity index (χ1) is 14.1. The summed E-state index contributed by atoms with van der Waals surface area (Å²) < 4.78 is 7.49. The number of hydrogen-bond acceptors (Lipinski definition) is 5. The van der Waals surface area contributed by atoms with Crippen LogP contribution in [0.1, 0.15) is 41.1 Å². The Kier molecular flexibility index (Phi) is 4.27.